The molecule has 1 heterocycles. The highest BCUT2D eigenvalue weighted by molar-refractivity contribution is 7.08. The predicted molar refractivity (Wildman–Crippen MR) is 103 cm³/mol. The van der Waals surface area contributed by atoms with E-state index in [0.29, 0.717) is 17.7 Å². The number of nitrogens with zero attached hydrogens (tertiary/aromatic N) is 1. The van der Waals surface area contributed by atoms with Crippen LogP contribution in [0, 0.1) is 12.7 Å². The normalized spacial score (nSPS) is 25.1. The summed E-state index contributed by atoms with van der Waals surface area (Å²) in [4.78, 5) is 25.2. The zero-order valence-corrected chi connectivity index (χ0v) is 16.8. The summed E-state index contributed by atoms with van der Waals surface area (Å²) in [5, 5.41) is 6.13. The summed E-state index contributed by atoms with van der Waals surface area (Å²) in [6, 6.07) is 5.82. The van der Waals surface area contributed by atoms with E-state index in [-0.39, 0.29) is 40.3 Å². The van der Waals surface area contributed by atoms with E-state index >= 15 is 0 Å². The maximum Gasteiger partial charge on any atom is 0.263 e. The number of rotatable bonds is 6. The van der Waals surface area contributed by atoms with Gasteiger partial charge in [-0.15, -0.1) is 0 Å². The molecule has 3 fully saturated rings. The maximum absolute atomic E-state index is 13.4. The third-order valence-electron chi connectivity index (χ3n) is 5.33. The van der Waals surface area contributed by atoms with Crippen molar-refractivity contribution >= 4 is 34.9 Å². The number of hydrogen-bond donors (Lipinski definition) is 2. The minimum absolute atomic E-state index is 0.00277. The van der Waals surface area contributed by atoms with Crippen LogP contribution >= 0.6 is 23.1 Å². The Morgan fingerprint density at radius 1 is 1.25 bits per heavy atom. The molecule has 0 unspecified atom stereocenters. The highest BCUT2D eigenvalue weighted by Gasteiger charge is 2.62. The number of carbonyl (C=O) groups excluding carboxylic acids is 2. The molecule has 0 atom stereocenters. The number of nitrogens with one attached hydrogen (secondary N) is 2. The van der Waals surface area contributed by atoms with Crippen LogP contribution in [0.25, 0.3) is 0 Å². The van der Waals surface area contributed by atoms with Gasteiger partial charge in [-0.05, 0) is 62.3 Å². The zero-order valence-electron chi connectivity index (χ0n) is 15.2. The lowest BCUT2D eigenvalue weighted by atomic mass is 9.71. The van der Waals surface area contributed by atoms with Gasteiger partial charge >= 0.3 is 0 Å². The van der Waals surface area contributed by atoms with Gasteiger partial charge in [-0.3, -0.25) is 9.59 Å². The molecular formula is C19H19ClFN3O3S. The van der Waals surface area contributed by atoms with Crippen molar-refractivity contribution in [2.24, 2.45) is 0 Å². The number of ether oxygens (including phenoxy) is 1. The molecule has 2 amide bonds. The van der Waals surface area contributed by atoms with Gasteiger partial charge in [0.1, 0.15) is 16.4 Å². The average molecular weight is 424 g/mol. The van der Waals surface area contributed by atoms with E-state index in [9.17, 15) is 14.0 Å². The molecule has 5 rings (SSSR count). The molecule has 6 nitrogen and oxygen atoms in total. The van der Waals surface area contributed by atoms with Gasteiger partial charge in [-0.2, -0.15) is 4.37 Å². The molecular weight excluding hydrogens is 405 g/mol. The minimum Gasteiger partial charge on any atom is -0.484 e. The van der Waals surface area contributed by atoms with E-state index in [1.54, 1.807) is 6.07 Å². The summed E-state index contributed by atoms with van der Waals surface area (Å²) in [5.41, 5.74) is 0.264. The summed E-state index contributed by atoms with van der Waals surface area (Å²) in [7, 11) is 0. The molecule has 0 spiro atoms. The summed E-state index contributed by atoms with van der Waals surface area (Å²) in [5.74, 6) is -0.726. The number of carbonyl (C=O) groups is 2. The second-order valence-corrected chi connectivity index (χ2v) is 8.83. The van der Waals surface area contributed by atoms with Crippen molar-refractivity contribution < 1.29 is 18.7 Å². The molecule has 0 radical (unpaired) electrons. The number of aromatic nitrogens is 1. The first-order valence-corrected chi connectivity index (χ1v) is 10.1. The molecule has 2 aromatic rings. The Morgan fingerprint density at radius 3 is 2.61 bits per heavy atom. The minimum atomic E-state index is -0.593. The summed E-state index contributed by atoms with van der Waals surface area (Å²) in [6.07, 6.45) is 3.02. The quantitative estimate of drug-likeness (QED) is 0.747. The van der Waals surface area contributed by atoms with Gasteiger partial charge in [0.2, 0.25) is 0 Å². The molecule has 1 aromatic carbocycles. The van der Waals surface area contributed by atoms with Crippen LogP contribution < -0.4 is 15.4 Å². The molecule has 3 aliphatic carbocycles. The molecule has 0 saturated heterocycles. The number of benzene rings is 1. The molecule has 28 heavy (non-hydrogen) atoms. The summed E-state index contributed by atoms with van der Waals surface area (Å²) in [6.45, 7) is 1.65. The second-order valence-electron chi connectivity index (χ2n) is 7.61. The first-order valence-electron chi connectivity index (χ1n) is 8.93. The van der Waals surface area contributed by atoms with Crippen LogP contribution in [0.1, 0.15) is 41.0 Å². The van der Waals surface area contributed by atoms with Gasteiger partial charge in [0.25, 0.3) is 11.8 Å². The van der Waals surface area contributed by atoms with Gasteiger partial charge in [0.05, 0.1) is 10.7 Å². The van der Waals surface area contributed by atoms with Crippen LogP contribution in [0.3, 0.4) is 0 Å². The third-order valence-corrected chi connectivity index (χ3v) is 6.52. The Kier molecular flexibility index (Phi) is 4.79. The highest BCUT2D eigenvalue weighted by Crippen LogP contribution is 2.55. The van der Waals surface area contributed by atoms with Crippen molar-refractivity contribution in [1.29, 1.82) is 0 Å². The van der Waals surface area contributed by atoms with Gasteiger partial charge in [-0.25, -0.2) is 4.39 Å². The van der Waals surface area contributed by atoms with Crippen LogP contribution in [0.15, 0.2) is 24.3 Å². The molecule has 0 aliphatic heterocycles. The van der Waals surface area contributed by atoms with E-state index < -0.39 is 5.82 Å². The van der Waals surface area contributed by atoms with Gasteiger partial charge in [0.15, 0.2) is 6.61 Å². The van der Waals surface area contributed by atoms with Crippen LogP contribution in [-0.4, -0.2) is 33.9 Å². The number of hydrogen-bond acceptors (Lipinski definition) is 5. The van der Waals surface area contributed by atoms with Gasteiger partial charge in [-0.1, -0.05) is 11.6 Å². The fourth-order valence-corrected chi connectivity index (χ4v) is 4.97. The highest BCUT2D eigenvalue weighted by atomic mass is 35.5. The molecule has 1 aromatic heterocycles. The van der Waals surface area contributed by atoms with Crippen molar-refractivity contribution in [3.8, 4) is 5.75 Å². The van der Waals surface area contributed by atoms with Crippen molar-refractivity contribution in [2.75, 3.05) is 6.61 Å². The Labute approximate surface area is 170 Å². The largest absolute Gasteiger partial charge is 0.484 e. The standard InChI is InChI=1S/C19H19ClFN3O3S/c1-11-6-15(28-24-11)17(26)23-19-5-4-18(9-19,10-19)22-16(25)8-27-12-2-3-13(20)14(21)7-12/h2-3,6-7H,4-5,8-10H2,1H3,(H,22,25)(H,23,26). The van der Waals surface area contributed by atoms with E-state index in [1.165, 1.54) is 23.7 Å². The third kappa shape index (κ3) is 3.71. The smallest absolute Gasteiger partial charge is 0.263 e. The fraction of sp³-hybridized carbons (Fsp3) is 0.421. The SMILES string of the molecule is Cc1cc(C(=O)NC23CCC(NC(=O)COc4ccc(Cl)c(F)c4)(C2)C3)sn1. The Balaban J connectivity index is 1.28. The van der Waals surface area contributed by atoms with Crippen LogP contribution in [-0.2, 0) is 4.79 Å². The molecule has 3 saturated carbocycles. The Morgan fingerprint density at radius 2 is 1.96 bits per heavy atom. The molecule has 2 N–H and O–H groups in total. The van der Waals surface area contributed by atoms with Crippen molar-refractivity contribution in [3.63, 3.8) is 0 Å². The van der Waals surface area contributed by atoms with Crippen LogP contribution in [0.2, 0.25) is 5.02 Å². The summed E-state index contributed by atoms with van der Waals surface area (Å²) >= 11 is 6.82. The maximum atomic E-state index is 13.4. The molecule has 148 valence electrons. The number of amides is 2. The molecule has 2 bridgehead atoms. The van der Waals surface area contributed by atoms with E-state index in [0.717, 1.165) is 24.6 Å². The van der Waals surface area contributed by atoms with E-state index in [1.807, 2.05) is 6.92 Å². The number of aryl methyl sites for hydroxylation is 1. The lowest BCUT2D eigenvalue weighted by Crippen LogP contribution is -2.64. The molecule has 9 heteroatoms. The van der Waals surface area contributed by atoms with Crippen molar-refractivity contribution in [1.82, 2.24) is 15.0 Å². The van der Waals surface area contributed by atoms with Crippen LogP contribution in [0.4, 0.5) is 4.39 Å². The Bertz CT molecular complexity index is 942. The topological polar surface area (TPSA) is 80.3 Å². The lowest BCUT2D eigenvalue weighted by Gasteiger charge is -2.48. The monoisotopic (exact) mass is 423 g/mol. The lowest BCUT2D eigenvalue weighted by molar-refractivity contribution is -0.126. The first-order chi connectivity index (χ1) is 13.3. The van der Waals surface area contributed by atoms with Gasteiger partial charge in [0, 0.05) is 17.1 Å². The average Bonchev–Trinajstić information content (AvgIpc) is 3.29. The Hall–Kier alpha value is -2.19. The van der Waals surface area contributed by atoms with E-state index in [2.05, 4.69) is 15.0 Å². The number of halogens is 2. The fourth-order valence-electron chi connectivity index (χ4n) is 4.20. The first kappa shape index (κ1) is 19.1. The predicted octanol–water partition coefficient (Wildman–Crippen LogP) is 3.23. The summed E-state index contributed by atoms with van der Waals surface area (Å²) < 4.78 is 22.9. The number of fused-ring (bicyclic) bond motifs is 1. The van der Waals surface area contributed by atoms with Crippen LogP contribution in [0.5, 0.6) is 5.75 Å². The van der Waals surface area contributed by atoms with Crippen molar-refractivity contribution in [2.45, 2.75) is 43.7 Å². The zero-order chi connectivity index (χ0) is 19.9. The van der Waals surface area contributed by atoms with E-state index in [4.69, 9.17) is 16.3 Å². The van der Waals surface area contributed by atoms with Gasteiger partial charge < -0.3 is 15.4 Å². The second kappa shape index (κ2) is 7.00. The molecule has 3 aliphatic rings. The van der Waals surface area contributed by atoms with Crippen molar-refractivity contribution in [3.05, 3.63) is 45.7 Å².